The quantitative estimate of drug-likeness (QED) is 0.469. The molecule has 7 heavy (non-hydrogen) atoms. The molecule has 1 fully saturated rings. The van der Waals surface area contributed by atoms with Gasteiger partial charge in [-0.15, -0.1) is 0 Å². The summed E-state index contributed by atoms with van der Waals surface area (Å²) < 4.78 is 0. The summed E-state index contributed by atoms with van der Waals surface area (Å²) in [4.78, 5) is 10.2. The molecule has 2 N–H and O–H groups in total. The van der Waals surface area contributed by atoms with Crippen molar-refractivity contribution in [2.24, 2.45) is 5.73 Å². The van der Waals surface area contributed by atoms with Crippen LogP contribution in [-0.2, 0) is 4.79 Å². The van der Waals surface area contributed by atoms with Gasteiger partial charge in [-0.1, -0.05) is 0 Å². The lowest BCUT2D eigenvalue weighted by Crippen LogP contribution is -2.26. The highest BCUT2D eigenvalue weighted by Crippen LogP contribution is 2.27. The number of rotatable bonds is 1. The zero-order valence-electron chi connectivity index (χ0n) is 4.11. The predicted octanol–water partition coefficient (Wildman–Crippen LogP) is 0.230. The second-order valence-electron chi connectivity index (χ2n) is 1.82. The highest BCUT2D eigenvalue weighted by atomic mass is 16.1. The normalized spacial score (nSPS) is 18.6. The number of primary amides is 1. The summed E-state index contributed by atoms with van der Waals surface area (Å²) in [5.41, 5.74) is 4.92. The van der Waals surface area contributed by atoms with Crippen molar-refractivity contribution in [3.05, 3.63) is 5.92 Å². The molecule has 2 nitrogen and oxygen atoms in total. The van der Waals surface area contributed by atoms with Crippen LogP contribution < -0.4 is 5.73 Å². The van der Waals surface area contributed by atoms with E-state index in [-0.39, 0.29) is 5.91 Å². The second kappa shape index (κ2) is 1.45. The van der Waals surface area contributed by atoms with Gasteiger partial charge < -0.3 is 5.73 Å². The summed E-state index contributed by atoms with van der Waals surface area (Å²) in [6, 6.07) is 0. The zero-order valence-corrected chi connectivity index (χ0v) is 4.11. The zero-order chi connectivity index (χ0) is 5.28. The number of amides is 1. The van der Waals surface area contributed by atoms with Crippen molar-refractivity contribution in [2.45, 2.75) is 19.3 Å². The van der Waals surface area contributed by atoms with Crippen LogP contribution in [0.25, 0.3) is 0 Å². The Hall–Kier alpha value is -0.660. The van der Waals surface area contributed by atoms with Gasteiger partial charge in [0.25, 0.3) is 0 Å². The van der Waals surface area contributed by atoms with Gasteiger partial charge in [0.15, 0.2) is 5.92 Å². The largest absolute Gasteiger partial charge is 0.401 e. The molecule has 0 aliphatic heterocycles. The fourth-order valence-electron chi connectivity index (χ4n) is 0.600. The van der Waals surface area contributed by atoms with Crippen LogP contribution >= 0.6 is 0 Å². The molecule has 1 aliphatic carbocycles. The van der Waals surface area contributed by atoms with Crippen LogP contribution in [0.15, 0.2) is 0 Å². The lowest BCUT2D eigenvalue weighted by molar-refractivity contribution is -0.117. The molecule has 0 aromatic heterocycles. The lowest BCUT2D eigenvalue weighted by Gasteiger charge is -2.07. The first-order chi connectivity index (χ1) is 3.30. The Morgan fingerprint density at radius 2 is 2.14 bits per heavy atom. The van der Waals surface area contributed by atoms with E-state index < -0.39 is 0 Å². The molecule has 0 aromatic carbocycles. The maximum Gasteiger partial charge on any atom is 0.401 e. The Kier molecular flexibility index (Phi) is 0.929. The van der Waals surface area contributed by atoms with Crippen molar-refractivity contribution >= 4 is 5.91 Å². The fourth-order valence-corrected chi connectivity index (χ4v) is 0.600. The van der Waals surface area contributed by atoms with E-state index in [4.69, 9.17) is 5.73 Å². The first kappa shape index (κ1) is 4.50. The van der Waals surface area contributed by atoms with Gasteiger partial charge in [0.2, 0.25) is 0 Å². The van der Waals surface area contributed by atoms with Crippen LogP contribution in [0.2, 0.25) is 0 Å². The third-order valence-corrected chi connectivity index (χ3v) is 1.31. The van der Waals surface area contributed by atoms with Crippen molar-refractivity contribution in [3.8, 4) is 0 Å². The molecular weight excluding hydrogens is 90.1 g/mol. The van der Waals surface area contributed by atoms with E-state index in [1.807, 2.05) is 0 Å². The first-order valence-electron chi connectivity index (χ1n) is 2.45. The first-order valence-corrected chi connectivity index (χ1v) is 2.45. The Labute approximate surface area is 42.7 Å². The third kappa shape index (κ3) is 0.683. The van der Waals surface area contributed by atoms with Crippen LogP contribution in [0.3, 0.4) is 0 Å². The number of nitrogens with two attached hydrogens (primary N) is 1. The van der Waals surface area contributed by atoms with Crippen LogP contribution in [0, 0.1) is 5.92 Å². The Morgan fingerprint density at radius 3 is 2.14 bits per heavy atom. The van der Waals surface area contributed by atoms with E-state index in [0.717, 1.165) is 25.2 Å². The van der Waals surface area contributed by atoms with E-state index in [0.29, 0.717) is 0 Å². The fraction of sp³-hybridized carbons (Fsp3) is 0.600. The summed E-state index contributed by atoms with van der Waals surface area (Å²) in [5.74, 6) is 0.714. The second-order valence-corrected chi connectivity index (χ2v) is 1.82. The highest BCUT2D eigenvalue weighted by molar-refractivity contribution is 5.89. The summed E-state index contributed by atoms with van der Waals surface area (Å²) in [6.45, 7) is 0. The minimum Gasteiger partial charge on any atom is -0.329 e. The molecule has 0 heterocycles. The number of hydrogen-bond acceptors (Lipinski definition) is 1. The lowest BCUT2D eigenvalue weighted by atomic mass is 9.85. The number of carbonyl (C=O) groups is 1. The molecule has 38 valence electrons. The van der Waals surface area contributed by atoms with Crippen molar-refractivity contribution in [1.29, 1.82) is 0 Å². The molecule has 1 saturated carbocycles. The summed E-state index contributed by atoms with van der Waals surface area (Å²) in [5, 5.41) is 0. The van der Waals surface area contributed by atoms with Crippen LogP contribution in [0.4, 0.5) is 0 Å². The molecular formula is C5H8NO+. The van der Waals surface area contributed by atoms with E-state index in [1.165, 1.54) is 0 Å². The Balaban J connectivity index is 2.27. The van der Waals surface area contributed by atoms with Crippen LogP contribution in [0.1, 0.15) is 19.3 Å². The van der Waals surface area contributed by atoms with Crippen molar-refractivity contribution in [1.82, 2.24) is 0 Å². The minimum absolute atomic E-state index is 0.203. The molecule has 1 amide bonds. The SMILES string of the molecule is NC(=O)[C+]1CCC1. The van der Waals surface area contributed by atoms with Gasteiger partial charge in [-0.2, -0.15) is 0 Å². The number of carbonyl (C=O) groups excluding carboxylic acids is 1. The maximum absolute atomic E-state index is 10.2. The minimum atomic E-state index is -0.203. The van der Waals surface area contributed by atoms with Gasteiger partial charge in [0.1, 0.15) is 12.8 Å². The van der Waals surface area contributed by atoms with Gasteiger partial charge in [-0.25, -0.2) is 4.79 Å². The average Bonchev–Trinajstić information content (AvgIpc) is 1.23. The van der Waals surface area contributed by atoms with Crippen LogP contribution in [0.5, 0.6) is 0 Å². The molecule has 2 heteroatoms. The summed E-state index contributed by atoms with van der Waals surface area (Å²) in [7, 11) is 0. The summed E-state index contributed by atoms with van der Waals surface area (Å²) >= 11 is 0. The van der Waals surface area contributed by atoms with Gasteiger partial charge >= 0.3 is 5.91 Å². The number of hydrogen-bond donors (Lipinski definition) is 1. The smallest absolute Gasteiger partial charge is 0.329 e. The molecule has 0 atom stereocenters. The van der Waals surface area contributed by atoms with E-state index in [2.05, 4.69) is 0 Å². The molecule has 0 spiro atoms. The van der Waals surface area contributed by atoms with Gasteiger partial charge in [-0.3, -0.25) is 0 Å². The predicted molar refractivity (Wildman–Crippen MR) is 26.3 cm³/mol. The Morgan fingerprint density at radius 1 is 1.57 bits per heavy atom. The van der Waals surface area contributed by atoms with E-state index >= 15 is 0 Å². The third-order valence-electron chi connectivity index (χ3n) is 1.31. The molecule has 1 rings (SSSR count). The topological polar surface area (TPSA) is 43.1 Å². The van der Waals surface area contributed by atoms with Gasteiger partial charge in [0, 0.05) is 6.42 Å². The Bertz CT molecular complexity index is 86.1. The average molecular weight is 98.1 g/mol. The monoisotopic (exact) mass is 98.1 g/mol. The van der Waals surface area contributed by atoms with Crippen molar-refractivity contribution in [2.75, 3.05) is 0 Å². The van der Waals surface area contributed by atoms with Crippen molar-refractivity contribution < 1.29 is 4.79 Å². The van der Waals surface area contributed by atoms with Crippen LogP contribution in [-0.4, -0.2) is 5.91 Å². The molecule has 0 bridgehead atoms. The van der Waals surface area contributed by atoms with Crippen molar-refractivity contribution in [3.63, 3.8) is 0 Å². The van der Waals surface area contributed by atoms with E-state index in [9.17, 15) is 4.79 Å². The van der Waals surface area contributed by atoms with Gasteiger partial charge in [-0.05, 0) is 0 Å². The maximum atomic E-state index is 10.2. The standard InChI is InChI=1S/C5H7NO/c6-5(7)4-2-1-3-4/h1-3H2,(H-,6,7)/p+1. The molecule has 0 radical (unpaired) electrons. The molecule has 1 aliphatic rings. The van der Waals surface area contributed by atoms with Gasteiger partial charge in [0.05, 0.1) is 0 Å². The van der Waals surface area contributed by atoms with E-state index in [1.54, 1.807) is 0 Å². The highest BCUT2D eigenvalue weighted by Gasteiger charge is 2.36. The molecule has 0 unspecified atom stereocenters. The molecule has 0 aromatic rings. The molecule has 0 saturated heterocycles. The summed E-state index contributed by atoms with van der Waals surface area (Å²) in [6.07, 6.45) is 3.03.